The molecule has 1 aliphatic heterocycles. The molecule has 6 heteroatoms. The number of likely N-dealkylation sites (tertiary alicyclic amines) is 1. The van der Waals surface area contributed by atoms with Crippen LogP contribution in [0.4, 0.5) is 4.79 Å². The van der Waals surface area contributed by atoms with Crippen LogP contribution in [-0.4, -0.2) is 54.7 Å². The number of hydrogen-bond acceptors (Lipinski definition) is 4. The van der Waals surface area contributed by atoms with Crippen molar-refractivity contribution in [2.24, 2.45) is 11.8 Å². The number of alkyl carbamates (subject to hydrolysis) is 1. The van der Waals surface area contributed by atoms with E-state index < -0.39 is 11.7 Å². The first-order valence-corrected chi connectivity index (χ1v) is 9.08. The van der Waals surface area contributed by atoms with Gasteiger partial charge in [0.15, 0.2) is 0 Å². The lowest BCUT2D eigenvalue weighted by Crippen LogP contribution is -2.56. The second-order valence-corrected chi connectivity index (χ2v) is 8.64. The average Bonchev–Trinajstić information content (AvgIpc) is 3.02. The quantitative estimate of drug-likeness (QED) is 0.823. The van der Waals surface area contributed by atoms with Crippen LogP contribution in [-0.2, 0) is 9.53 Å². The van der Waals surface area contributed by atoms with E-state index in [1.807, 2.05) is 20.8 Å². The van der Waals surface area contributed by atoms with Crippen LogP contribution in [0.1, 0.15) is 53.4 Å². The molecule has 138 valence electrons. The Morgan fingerprint density at radius 2 is 1.83 bits per heavy atom. The van der Waals surface area contributed by atoms with Gasteiger partial charge in [-0.2, -0.15) is 0 Å². The maximum Gasteiger partial charge on any atom is 0.407 e. The number of carbonyl (C=O) groups excluding carboxylic acids is 2. The SMILES string of the molecule is C[C@@H]1CN(C)C[C@@H]1C(=O)NC1(CNC(=O)OC(C)(C)C)CCCC1. The third-order valence-electron chi connectivity index (χ3n) is 5.05. The van der Waals surface area contributed by atoms with Gasteiger partial charge in [0.25, 0.3) is 0 Å². The van der Waals surface area contributed by atoms with Crippen LogP contribution in [0.5, 0.6) is 0 Å². The molecule has 6 nitrogen and oxygen atoms in total. The molecule has 1 saturated carbocycles. The number of hydrogen-bond donors (Lipinski definition) is 2. The fourth-order valence-electron chi connectivity index (χ4n) is 3.86. The molecule has 1 heterocycles. The molecule has 2 atom stereocenters. The summed E-state index contributed by atoms with van der Waals surface area (Å²) in [6.07, 6.45) is 3.56. The minimum atomic E-state index is -0.514. The molecular weight excluding hydrogens is 306 g/mol. The molecular formula is C18H33N3O3. The normalized spacial score (nSPS) is 27.0. The predicted molar refractivity (Wildman–Crippen MR) is 93.7 cm³/mol. The zero-order chi connectivity index (χ0) is 18.0. The lowest BCUT2D eigenvalue weighted by atomic mass is 9.92. The molecule has 2 rings (SSSR count). The summed E-state index contributed by atoms with van der Waals surface area (Å²) < 4.78 is 5.31. The second kappa shape index (κ2) is 7.30. The first kappa shape index (κ1) is 19.0. The van der Waals surface area contributed by atoms with Gasteiger partial charge in [0, 0.05) is 19.6 Å². The molecule has 1 aliphatic carbocycles. The topological polar surface area (TPSA) is 70.7 Å². The van der Waals surface area contributed by atoms with Crippen molar-refractivity contribution in [2.45, 2.75) is 64.5 Å². The van der Waals surface area contributed by atoms with E-state index in [2.05, 4.69) is 29.5 Å². The molecule has 1 saturated heterocycles. The molecule has 0 unspecified atom stereocenters. The fourth-order valence-corrected chi connectivity index (χ4v) is 3.86. The zero-order valence-electron chi connectivity index (χ0n) is 15.8. The number of rotatable bonds is 4. The van der Waals surface area contributed by atoms with Crippen molar-refractivity contribution < 1.29 is 14.3 Å². The van der Waals surface area contributed by atoms with Crippen LogP contribution in [0.2, 0.25) is 0 Å². The Morgan fingerprint density at radius 1 is 1.21 bits per heavy atom. The van der Waals surface area contributed by atoms with Gasteiger partial charge in [0.2, 0.25) is 5.91 Å². The molecule has 0 aromatic heterocycles. The molecule has 2 aliphatic rings. The van der Waals surface area contributed by atoms with Crippen molar-refractivity contribution in [3.63, 3.8) is 0 Å². The van der Waals surface area contributed by atoms with Crippen LogP contribution < -0.4 is 10.6 Å². The van der Waals surface area contributed by atoms with Crippen molar-refractivity contribution in [1.29, 1.82) is 0 Å². The lowest BCUT2D eigenvalue weighted by molar-refractivity contribution is -0.127. The molecule has 0 spiro atoms. The molecule has 2 fully saturated rings. The Morgan fingerprint density at radius 3 is 2.33 bits per heavy atom. The summed E-state index contributed by atoms with van der Waals surface area (Å²) in [6, 6.07) is 0. The number of carbonyl (C=O) groups is 2. The average molecular weight is 339 g/mol. The second-order valence-electron chi connectivity index (χ2n) is 8.64. The van der Waals surface area contributed by atoms with Crippen molar-refractivity contribution in [3.05, 3.63) is 0 Å². The Balaban J connectivity index is 1.93. The maximum absolute atomic E-state index is 12.8. The standard InChI is InChI=1S/C18H33N3O3/c1-13-10-21(5)11-14(13)15(22)20-18(8-6-7-9-18)12-19-16(23)24-17(2,3)4/h13-14H,6-12H2,1-5H3,(H,19,23)(H,20,22)/t13-,14+/m1/s1. The van der Waals surface area contributed by atoms with E-state index in [1.165, 1.54) is 0 Å². The Labute approximate surface area is 145 Å². The van der Waals surface area contributed by atoms with Crippen LogP contribution in [0, 0.1) is 11.8 Å². The first-order valence-electron chi connectivity index (χ1n) is 9.08. The molecule has 2 N–H and O–H groups in total. The maximum atomic E-state index is 12.8. The molecule has 0 aromatic rings. The van der Waals surface area contributed by atoms with Gasteiger partial charge < -0.3 is 20.3 Å². The Bertz CT molecular complexity index is 467. The van der Waals surface area contributed by atoms with Crippen LogP contribution in [0.25, 0.3) is 0 Å². The lowest BCUT2D eigenvalue weighted by Gasteiger charge is -2.33. The van der Waals surface area contributed by atoms with E-state index in [1.54, 1.807) is 0 Å². The van der Waals surface area contributed by atoms with Gasteiger partial charge in [0.05, 0.1) is 11.5 Å². The Hall–Kier alpha value is -1.30. The molecule has 0 aromatic carbocycles. The van der Waals surface area contributed by atoms with Gasteiger partial charge >= 0.3 is 6.09 Å². The fraction of sp³-hybridized carbons (Fsp3) is 0.889. The highest BCUT2D eigenvalue weighted by atomic mass is 16.6. The van der Waals surface area contributed by atoms with Gasteiger partial charge in [-0.25, -0.2) is 4.79 Å². The highest BCUT2D eigenvalue weighted by Crippen LogP contribution is 2.31. The summed E-state index contributed by atoms with van der Waals surface area (Å²) in [6.45, 7) is 9.87. The van der Waals surface area contributed by atoms with Crippen LogP contribution in [0.15, 0.2) is 0 Å². The minimum absolute atomic E-state index is 0.0361. The van der Waals surface area contributed by atoms with E-state index in [4.69, 9.17) is 4.74 Å². The minimum Gasteiger partial charge on any atom is -0.444 e. The summed E-state index contributed by atoms with van der Waals surface area (Å²) in [7, 11) is 2.05. The van der Waals surface area contributed by atoms with Gasteiger partial charge in [-0.3, -0.25) is 4.79 Å². The molecule has 0 bridgehead atoms. The van der Waals surface area contributed by atoms with Crippen LogP contribution >= 0.6 is 0 Å². The summed E-state index contributed by atoms with van der Waals surface area (Å²) in [5, 5.41) is 6.12. The summed E-state index contributed by atoms with van der Waals surface area (Å²) in [5.74, 6) is 0.529. The van der Waals surface area contributed by atoms with Crippen molar-refractivity contribution in [3.8, 4) is 0 Å². The van der Waals surface area contributed by atoms with Crippen molar-refractivity contribution in [2.75, 3.05) is 26.7 Å². The van der Waals surface area contributed by atoms with Crippen molar-refractivity contribution in [1.82, 2.24) is 15.5 Å². The van der Waals surface area contributed by atoms with Crippen molar-refractivity contribution >= 4 is 12.0 Å². The first-order chi connectivity index (χ1) is 11.1. The predicted octanol–water partition coefficient (Wildman–Crippen LogP) is 2.14. The van der Waals surface area contributed by atoms with Crippen LogP contribution in [0.3, 0.4) is 0 Å². The smallest absolute Gasteiger partial charge is 0.407 e. The number of nitrogens with zero attached hydrogens (tertiary/aromatic N) is 1. The molecule has 2 amide bonds. The number of nitrogens with one attached hydrogen (secondary N) is 2. The van der Waals surface area contributed by atoms with Gasteiger partial charge in [-0.15, -0.1) is 0 Å². The molecule has 24 heavy (non-hydrogen) atoms. The van der Waals surface area contributed by atoms with E-state index in [-0.39, 0.29) is 17.4 Å². The van der Waals surface area contributed by atoms with Gasteiger partial charge in [-0.1, -0.05) is 19.8 Å². The van der Waals surface area contributed by atoms with E-state index in [9.17, 15) is 9.59 Å². The highest BCUT2D eigenvalue weighted by molar-refractivity contribution is 5.80. The van der Waals surface area contributed by atoms with E-state index in [0.717, 1.165) is 38.8 Å². The highest BCUT2D eigenvalue weighted by Gasteiger charge is 2.40. The van der Waals surface area contributed by atoms with Gasteiger partial charge in [-0.05, 0) is 46.6 Å². The number of ether oxygens (including phenoxy) is 1. The molecule has 0 radical (unpaired) electrons. The third-order valence-corrected chi connectivity index (χ3v) is 5.05. The monoisotopic (exact) mass is 339 g/mol. The summed E-state index contributed by atoms with van der Waals surface area (Å²) >= 11 is 0. The zero-order valence-corrected chi connectivity index (χ0v) is 15.8. The summed E-state index contributed by atoms with van der Waals surface area (Å²) in [5.41, 5.74) is -0.838. The largest absolute Gasteiger partial charge is 0.444 e. The van der Waals surface area contributed by atoms with Gasteiger partial charge in [0.1, 0.15) is 5.60 Å². The number of amides is 2. The van der Waals surface area contributed by atoms with E-state index in [0.29, 0.717) is 12.5 Å². The van der Waals surface area contributed by atoms with E-state index >= 15 is 0 Å². The summed E-state index contributed by atoms with van der Waals surface area (Å²) in [4.78, 5) is 26.9. The third kappa shape index (κ3) is 5.10. The Kier molecular flexibility index (Phi) is 5.78.